The lowest BCUT2D eigenvalue weighted by atomic mass is 10.1. The summed E-state index contributed by atoms with van der Waals surface area (Å²) in [5.74, 6) is 0.760. The normalized spacial score (nSPS) is 10.8. The van der Waals surface area contributed by atoms with Crippen molar-refractivity contribution in [1.82, 2.24) is 0 Å². The Kier molecular flexibility index (Phi) is 4.15. The molecular weight excluding hydrogens is 348 g/mol. The molecule has 1 aromatic heterocycles. The Morgan fingerprint density at radius 1 is 1.18 bits per heavy atom. The minimum Gasteiger partial charge on any atom is -0.508 e. The largest absolute Gasteiger partial charge is 0.508 e. The summed E-state index contributed by atoms with van der Waals surface area (Å²) < 4.78 is 11.1. The van der Waals surface area contributed by atoms with Gasteiger partial charge in [-0.25, -0.2) is 0 Å². The summed E-state index contributed by atoms with van der Waals surface area (Å²) in [5.41, 5.74) is 1.37. The molecule has 112 valence electrons. The first-order chi connectivity index (χ1) is 10.7. The second-order valence-corrected chi connectivity index (χ2v) is 5.52. The third-order valence-electron chi connectivity index (χ3n) is 3.25. The van der Waals surface area contributed by atoms with Crippen LogP contribution in [0.5, 0.6) is 11.5 Å². The molecule has 0 saturated heterocycles. The van der Waals surface area contributed by atoms with Crippen LogP contribution in [0.25, 0.3) is 22.1 Å². The molecule has 0 radical (unpaired) electrons. The number of alkyl halides is 1. The number of rotatable bonds is 4. The van der Waals surface area contributed by atoms with E-state index in [0.29, 0.717) is 34.5 Å². The number of fused-ring (bicyclic) bond motifs is 1. The number of benzene rings is 2. The number of phenolic OH excluding ortho intramolecular Hbond substituents is 1. The topological polar surface area (TPSA) is 59.7 Å². The molecule has 0 unspecified atom stereocenters. The van der Waals surface area contributed by atoms with Crippen LogP contribution in [0, 0.1) is 0 Å². The van der Waals surface area contributed by atoms with Gasteiger partial charge in [0.15, 0.2) is 5.43 Å². The monoisotopic (exact) mass is 360 g/mol. The number of hydrogen-bond donors (Lipinski definition) is 1. The van der Waals surface area contributed by atoms with E-state index in [1.807, 2.05) is 0 Å². The Balaban J connectivity index is 2.08. The minimum absolute atomic E-state index is 0.107. The van der Waals surface area contributed by atoms with Crippen molar-refractivity contribution in [1.29, 1.82) is 0 Å². The molecule has 0 aliphatic heterocycles. The summed E-state index contributed by atoms with van der Waals surface area (Å²) in [6.07, 6.45) is 1.41. The van der Waals surface area contributed by atoms with Gasteiger partial charge >= 0.3 is 0 Å². The van der Waals surface area contributed by atoms with Crippen LogP contribution in [0.1, 0.15) is 0 Å². The van der Waals surface area contributed by atoms with Crippen LogP contribution in [-0.2, 0) is 0 Å². The molecule has 0 bridgehead atoms. The number of aromatic hydroxyl groups is 1. The fourth-order valence-corrected chi connectivity index (χ4v) is 2.39. The molecule has 0 amide bonds. The summed E-state index contributed by atoms with van der Waals surface area (Å²) in [6.45, 7) is 0.539. The zero-order valence-electron chi connectivity index (χ0n) is 11.6. The van der Waals surface area contributed by atoms with Crippen LogP contribution in [0.15, 0.2) is 57.9 Å². The van der Waals surface area contributed by atoms with Crippen LogP contribution in [0.2, 0.25) is 0 Å². The molecule has 2 aromatic carbocycles. The Bertz CT molecular complexity index is 870. The molecule has 0 aliphatic carbocycles. The maximum atomic E-state index is 12.6. The summed E-state index contributed by atoms with van der Waals surface area (Å²) >= 11 is 3.29. The zero-order chi connectivity index (χ0) is 15.5. The van der Waals surface area contributed by atoms with E-state index in [9.17, 15) is 9.90 Å². The lowest BCUT2D eigenvalue weighted by Gasteiger charge is -2.06. The Morgan fingerprint density at radius 2 is 2.05 bits per heavy atom. The van der Waals surface area contributed by atoms with Crippen LogP contribution in [0.4, 0.5) is 0 Å². The quantitative estimate of drug-likeness (QED) is 0.715. The van der Waals surface area contributed by atoms with E-state index in [0.717, 1.165) is 5.33 Å². The molecule has 0 fully saturated rings. The van der Waals surface area contributed by atoms with Crippen LogP contribution >= 0.6 is 15.9 Å². The summed E-state index contributed by atoms with van der Waals surface area (Å²) in [5, 5.41) is 10.8. The number of halogens is 1. The van der Waals surface area contributed by atoms with Gasteiger partial charge < -0.3 is 14.3 Å². The maximum Gasteiger partial charge on any atom is 0.200 e. The van der Waals surface area contributed by atoms with Crippen molar-refractivity contribution in [2.75, 3.05) is 11.9 Å². The molecule has 1 N–H and O–H groups in total. The average Bonchev–Trinajstić information content (AvgIpc) is 2.53. The van der Waals surface area contributed by atoms with Gasteiger partial charge in [-0.1, -0.05) is 28.1 Å². The molecule has 0 aliphatic rings. The van der Waals surface area contributed by atoms with Crippen LogP contribution in [0.3, 0.4) is 0 Å². The molecule has 0 saturated carbocycles. The van der Waals surface area contributed by atoms with E-state index >= 15 is 0 Å². The summed E-state index contributed by atoms with van der Waals surface area (Å²) in [4.78, 5) is 12.6. The SMILES string of the molecule is O=c1c(-c2cccc(O)c2)coc2cc(OCCBr)ccc12. The van der Waals surface area contributed by atoms with Gasteiger partial charge in [0.2, 0.25) is 0 Å². The third kappa shape index (κ3) is 2.85. The minimum atomic E-state index is -0.140. The molecule has 22 heavy (non-hydrogen) atoms. The zero-order valence-corrected chi connectivity index (χ0v) is 13.2. The van der Waals surface area contributed by atoms with Crippen LogP contribution in [-0.4, -0.2) is 17.0 Å². The number of phenols is 1. The van der Waals surface area contributed by atoms with Gasteiger partial charge in [0, 0.05) is 11.4 Å². The van der Waals surface area contributed by atoms with Crippen molar-refractivity contribution in [3.05, 3.63) is 59.0 Å². The predicted octanol–water partition coefficient (Wildman–Crippen LogP) is 3.94. The second-order valence-electron chi connectivity index (χ2n) is 4.72. The first-order valence-corrected chi connectivity index (χ1v) is 7.85. The van der Waals surface area contributed by atoms with Crippen molar-refractivity contribution < 1.29 is 14.3 Å². The molecule has 5 heteroatoms. The van der Waals surface area contributed by atoms with Gasteiger partial charge in [-0.05, 0) is 29.8 Å². The van der Waals surface area contributed by atoms with Crippen LogP contribution < -0.4 is 10.2 Å². The fraction of sp³-hybridized carbons (Fsp3) is 0.118. The molecule has 3 aromatic rings. The predicted molar refractivity (Wildman–Crippen MR) is 88.9 cm³/mol. The molecular formula is C17H13BrO4. The molecule has 3 rings (SSSR count). The number of ether oxygens (including phenoxy) is 1. The maximum absolute atomic E-state index is 12.6. The Hall–Kier alpha value is -2.27. The van der Waals surface area contributed by atoms with Gasteiger partial charge in [0.1, 0.15) is 23.3 Å². The fourth-order valence-electron chi connectivity index (χ4n) is 2.23. The van der Waals surface area contributed by atoms with Crippen molar-refractivity contribution in [3.63, 3.8) is 0 Å². The second kappa shape index (κ2) is 6.23. The first-order valence-electron chi connectivity index (χ1n) is 6.73. The molecule has 4 nitrogen and oxygen atoms in total. The molecule has 1 heterocycles. The first kappa shape index (κ1) is 14.7. The van der Waals surface area contributed by atoms with E-state index < -0.39 is 0 Å². The highest BCUT2D eigenvalue weighted by Crippen LogP contribution is 2.25. The van der Waals surface area contributed by atoms with Gasteiger partial charge in [0.05, 0.1) is 17.6 Å². The average molecular weight is 361 g/mol. The Labute approximate surface area is 135 Å². The standard InChI is InChI=1S/C17H13BrO4/c18-6-7-21-13-4-5-14-16(9-13)22-10-15(17(14)20)11-2-1-3-12(19)8-11/h1-5,8-10,19H,6-7H2. The van der Waals surface area contributed by atoms with E-state index in [1.165, 1.54) is 12.3 Å². The Morgan fingerprint density at radius 3 is 2.82 bits per heavy atom. The summed E-state index contributed by atoms with van der Waals surface area (Å²) in [7, 11) is 0. The van der Waals surface area contributed by atoms with E-state index in [1.54, 1.807) is 36.4 Å². The van der Waals surface area contributed by atoms with E-state index in [-0.39, 0.29) is 11.2 Å². The van der Waals surface area contributed by atoms with Gasteiger partial charge in [-0.15, -0.1) is 0 Å². The van der Waals surface area contributed by atoms with E-state index in [2.05, 4.69) is 15.9 Å². The van der Waals surface area contributed by atoms with Crippen molar-refractivity contribution in [3.8, 4) is 22.6 Å². The smallest absolute Gasteiger partial charge is 0.200 e. The van der Waals surface area contributed by atoms with Crippen molar-refractivity contribution >= 4 is 26.9 Å². The third-order valence-corrected chi connectivity index (χ3v) is 3.57. The highest BCUT2D eigenvalue weighted by molar-refractivity contribution is 9.09. The lowest BCUT2D eigenvalue weighted by molar-refractivity contribution is 0.345. The van der Waals surface area contributed by atoms with Crippen molar-refractivity contribution in [2.24, 2.45) is 0 Å². The number of hydrogen-bond acceptors (Lipinski definition) is 4. The summed E-state index contributed by atoms with van der Waals surface area (Å²) in [6, 6.07) is 11.7. The van der Waals surface area contributed by atoms with Gasteiger partial charge in [-0.2, -0.15) is 0 Å². The highest BCUT2D eigenvalue weighted by atomic mass is 79.9. The van der Waals surface area contributed by atoms with E-state index in [4.69, 9.17) is 9.15 Å². The molecule has 0 spiro atoms. The lowest BCUT2D eigenvalue weighted by Crippen LogP contribution is -2.05. The van der Waals surface area contributed by atoms with Gasteiger partial charge in [0.25, 0.3) is 0 Å². The van der Waals surface area contributed by atoms with Crippen molar-refractivity contribution in [2.45, 2.75) is 0 Å². The van der Waals surface area contributed by atoms with Gasteiger partial charge in [-0.3, -0.25) is 4.79 Å². The highest BCUT2D eigenvalue weighted by Gasteiger charge is 2.10. The molecule has 0 atom stereocenters.